The fourth-order valence-electron chi connectivity index (χ4n) is 2.26. The average Bonchev–Trinajstić information content (AvgIpc) is 2.46. The molecular weight excluding hydrogens is 272 g/mol. The lowest BCUT2D eigenvalue weighted by molar-refractivity contribution is 0.0953. The number of nitrogens with one attached hydrogen (secondary N) is 2. The first-order chi connectivity index (χ1) is 9.65. The van der Waals surface area contributed by atoms with Gasteiger partial charge in [-0.15, -0.1) is 0 Å². The highest BCUT2D eigenvalue weighted by atomic mass is 32.2. The minimum atomic E-state index is -0.612. The SMILES string of the molecule is Cc1ccc(C(=O)NCCNC2CCS(=O)CC2)cc1. The van der Waals surface area contributed by atoms with Gasteiger partial charge in [-0.05, 0) is 31.9 Å². The largest absolute Gasteiger partial charge is 0.351 e. The second-order valence-electron chi connectivity index (χ2n) is 5.20. The van der Waals surface area contributed by atoms with Crippen LogP contribution in [0.3, 0.4) is 0 Å². The Balaban J connectivity index is 1.64. The molecule has 0 aromatic heterocycles. The third kappa shape index (κ3) is 4.72. The van der Waals surface area contributed by atoms with E-state index in [0.29, 0.717) is 18.2 Å². The Kier molecular flexibility index (Phi) is 5.73. The predicted molar refractivity (Wildman–Crippen MR) is 82.4 cm³/mol. The van der Waals surface area contributed by atoms with E-state index in [1.165, 1.54) is 0 Å². The van der Waals surface area contributed by atoms with Crippen LogP contribution in [-0.2, 0) is 10.8 Å². The molecule has 4 nitrogen and oxygen atoms in total. The van der Waals surface area contributed by atoms with E-state index in [9.17, 15) is 9.00 Å². The van der Waals surface area contributed by atoms with Gasteiger partial charge in [0.1, 0.15) is 0 Å². The zero-order valence-electron chi connectivity index (χ0n) is 11.9. The Morgan fingerprint density at radius 1 is 1.20 bits per heavy atom. The van der Waals surface area contributed by atoms with Crippen molar-refractivity contribution in [1.29, 1.82) is 0 Å². The molecule has 0 radical (unpaired) electrons. The standard InChI is InChI=1S/C15H22N2O2S/c1-12-2-4-13(5-3-12)15(18)17-9-8-16-14-6-10-20(19)11-7-14/h2-5,14,16H,6-11H2,1H3,(H,17,18). The van der Waals surface area contributed by atoms with E-state index in [1.54, 1.807) is 0 Å². The first-order valence-corrected chi connectivity index (χ1v) is 8.57. The molecule has 0 saturated carbocycles. The molecule has 1 amide bonds. The summed E-state index contributed by atoms with van der Waals surface area (Å²) in [6.45, 7) is 3.38. The molecule has 110 valence electrons. The van der Waals surface area contributed by atoms with Gasteiger partial charge in [0.05, 0.1) is 0 Å². The zero-order chi connectivity index (χ0) is 14.4. The molecule has 1 saturated heterocycles. The summed E-state index contributed by atoms with van der Waals surface area (Å²) in [6, 6.07) is 8.01. The molecule has 0 bridgehead atoms. The van der Waals surface area contributed by atoms with Crippen LogP contribution in [0.5, 0.6) is 0 Å². The van der Waals surface area contributed by atoms with E-state index >= 15 is 0 Å². The van der Waals surface area contributed by atoms with Gasteiger partial charge in [0.2, 0.25) is 0 Å². The molecule has 1 aromatic carbocycles. The molecule has 1 heterocycles. The Bertz CT molecular complexity index is 463. The van der Waals surface area contributed by atoms with Crippen LogP contribution in [0.25, 0.3) is 0 Å². The summed E-state index contributed by atoms with van der Waals surface area (Å²) >= 11 is 0. The number of carbonyl (C=O) groups excluding carboxylic acids is 1. The molecule has 0 atom stereocenters. The van der Waals surface area contributed by atoms with Gasteiger partial charge in [-0.25, -0.2) is 0 Å². The van der Waals surface area contributed by atoms with Crippen molar-refractivity contribution in [3.05, 3.63) is 35.4 Å². The van der Waals surface area contributed by atoms with Gasteiger partial charge < -0.3 is 10.6 Å². The van der Waals surface area contributed by atoms with Crippen LogP contribution in [0, 0.1) is 6.92 Å². The normalized spacial score (nSPS) is 22.4. The smallest absolute Gasteiger partial charge is 0.251 e. The maximum absolute atomic E-state index is 11.9. The number of hydrogen-bond donors (Lipinski definition) is 2. The molecule has 1 aliphatic rings. The van der Waals surface area contributed by atoms with Gasteiger partial charge in [-0.1, -0.05) is 17.7 Å². The first kappa shape index (κ1) is 15.2. The Morgan fingerprint density at radius 3 is 2.50 bits per heavy atom. The maximum Gasteiger partial charge on any atom is 0.251 e. The van der Waals surface area contributed by atoms with Crippen molar-refractivity contribution in [2.45, 2.75) is 25.8 Å². The summed E-state index contributed by atoms with van der Waals surface area (Å²) in [6.07, 6.45) is 1.94. The number of hydrogen-bond acceptors (Lipinski definition) is 3. The molecule has 20 heavy (non-hydrogen) atoms. The number of benzene rings is 1. The van der Waals surface area contributed by atoms with Crippen molar-refractivity contribution in [2.24, 2.45) is 0 Å². The number of carbonyl (C=O) groups is 1. The van der Waals surface area contributed by atoms with Gasteiger partial charge in [-0.3, -0.25) is 9.00 Å². The van der Waals surface area contributed by atoms with Gasteiger partial charge >= 0.3 is 0 Å². The van der Waals surface area contributed by atoms with Crippen LogP contribution >= 0.6 is 0 Å². The highest BCUT2D eigenvalue weighted by Gasteiger charge is 2.16. The van der Waals surface area contributed by atoms with Crippen molar-refractivity contribution in [3.8, 4) is 0 Å². The third-order valence-corrected chi connectivity index (χ3v) is 4.93. The highest BCUT2D eigenvalue weighted by molar-refractivity contribution is 7.85. The molecule has 2 rings (SSSR count). The average molecular weight is 294 g/mol. The van der Waals surface area contributed by atoms with Crippen LogP contribution in [0.2, 0.25) is 0 Å². The summed E-state index contributed by atoms with van der Waals surface area (Å²) < 4.78 is 11.2. The monoisotopic (exact) mass is 294 g/mol. The van der Waals surface area contributed by atoms with E-state index < -0.39 is 10.8 Å². The van der Waals surface area contributed by atoms with Crippen LogP contribution in [0.15, 0.2) is 24.3 Å². The van der Waals surface area contributed by atoms with Crippen molar-refractivity contribution in [1.82, 2.24) is 10.6 Å². The fourth-order valence-corrected chi connectivity index (χ4v) is 3.56. The lowest BCUT2D eigenvalue weighted by Crippen LogP contribution is -2.40. The quantitative estimate of drug-likeness (QED) is 0.803. The van der Waals surface area contributed by atoms with Gasteiger partial charge in [0.15, 0.2) is 0 Å². The molecule has 1 aliphatic heterocycles. The first-order valence-electron chi connectivity index (χ1n) is 7.08. The predicted octanol–water partition coefficient (Wildman–Crippen LogP) is 1.23. The van der Waals surface area contributed by atoms with Crippen molar-refractivity contribution in [2.75, 3.05) is 24.6 Å². The number of aryl methyl sites for hydroxylation is 1. The van der Waals surface area contributed by atoms with E-state index in [0.717, 1.165) is 36.5 Å². The number of amides is 1. The Labute approximate surface area is 122 Å². The van der Waals surface area contributed by atoms with Crippen LogP contribution in [-0.4, -0.2) is 40.8 Å². The highest BCUT2D eigenvalue weighted by Crippen LogP contribution is 2.08. The van der Waals surface area contributed by atoms with Crippen molar-refractivity contribution < 1.29 is 9.00 Å². The van der Waals surface area contributed by atoms with E-state index in [4.69, 9.17) is 0 Å². The summed E-state index contributed by atoms with van der Waals surface area (Å²) in [5.41, 5.74) is 1.85. The Morgan fingerprint density at radius 2 is 1.85 bits per heavy atom. The van der Waals surface area contributed by atoms with Gasteiger partial charge in [0.25, 0.3) is 5.91 Å². The fraction of sp³-hybridized carbons (Fsp3) is 0.533. The third-order valence-electron chi connectivity index (χ3n) is 3.55. The topological polar surface area (TPSA) is 58.2 Å². The van der Waals surface area contributed by atoms with Crippen LogP contribution in [0.1, 0.15) is 28.8 Å². The minimum Gasteiger partial charge on any atom is -0.351 e. The van der Waals surface area contributed by atoms with E-state index in [-0.39, 0.29) is 5.91 Å². The van der Waals surface area contributed by atoms with Gasteiger partial charge in [-0.2, -0.15) is 0 Å². The van der Waals surface area contributed by atoms with E-state index in [1.807, 2.05) is 31.2 Å². The number of rotatable bonds is 5. The van der Waals surface area contributed by atoms with Crippen molar-refractivity contribution in [3.63, 3.8) is 0 Å². The lowest BCUT2D eigenvalue weighted by Gasteiger charge is -2.22. The molecule has 0 unspecified atom stereocenters. The molecule has 1 aromatic rings. The lowest BCUT2D eigenvalue weighted by atomic mass is 10.1. The molecule has 0 aliphatic carbocycles. The zero-order valence-corrected chi connectivity index (χ0v) is 12.7. The molecular formula is C15H22N2O2S. The summed E-state index contributed by atoms with van der Waals surface area (Å²) in [4.78, 5) is 11.9. The second-order valence-corrected chi connectivity index (χ2v) is 6.89. The summed E-state index contributed by atoms with van der Waals surface area (Å²) in [5.74, 6) is 1.57. The summed E-state index contributed by atoms with van der Waals surface area (Å²) in [7, 11) is -0.612. The molecule has 0 spiro atoms. The summed E-state index contributed by atoms with van der Waals surface area (Å²) in [5, 5.41) is 6.31. The molecule has 5 heteroatoms. The molecule has 2 N–H and O–H groups in total. The second kappa shape index (κ2) is 7.55. The van der Waals surface area contributed by atoms with Crippen molar-refractivity contribution >= 4 is 16.7 Å². The maximum atomic E-state index is 11.9. The van der Waals surface area contributed by atoms with Gasteiger partial charge in [0, 0.05) is 47.0 Å². The van der Waals surface area contributed by atoms with Crippen LogP contribution < -0.4 is 10.6 Å². The van der Waals surface area contributed by atoms with Crippen LogP contribution in [0.4, 0.5) is 0 Å². The minimum absolute atomic E-state index is 0.0310. The Hall–Kier alpha value is -1.20. The molecule has 1 fully saturated rings. The van der Waals surface area contributed by atoms with E-state index in [2.05, 4.69) is 10.6 Å².